The number of ether oxygens (including phenoxy) is 1. The molecule has 0 amide bonds. The van der Waals surface area contributed by atoms with Crippen molar-refractivity contribution < 1.29 is 21.8 Å². The SMILES string of the molecule is CC(C)(C)[Si](OCCCCOCCOS(C)(=O)=O)(c1ccccc1)c1ccccc1. The van der Waals surface area contributed by atoms with Crippen molar-refractivity contribution in [1.82, 2.24) is 0 Å². The first-order chi connectivity index (χ1) is 14.2. The molecule has 0 N–H and O–H groups in total. The molecule has 2 aromatic carbocycles. The molecule has 0 saturated carbocycles. The molecule has 0 spiro atoms. The molecule has 0 fully saturated rings. The molecule has 0 unspecified atom stereocenters. The van der Waals surface area contributed by atoms with E-state index in [0.717, 1.165) is 19.1 Å². The highest BCUT2D eigenvalue weighted by molar-refractivity contribution is 7.85. The molecule has 0 radical (unpaired) electrons. The van der Waals surface area contributed by atoms with Crippen LogP contribution in [0.2, 0.25) is 5.04 Å². The van der Waals surface area contributed by atoms with E-state index >= 15 is 0 Å². The van der Waals surface area contributed by atoms with E-state index in [4.69, 9.17) is 9.16 Å². The van der Waals surface area contributed by atoms with Gasteiger partial charge >= 0.3 is 0 Å². The molecular weight excluding hydrogens is 416 g/mol. The van der Waals surface area contributed by atoms with Crippen molar-refractivity contribution in [3.63, 3.8) is 0 Å². The summed E-state index contributed by atoms with van der Waals surface area (Å²) in [7, 11) is -5.88. The Labute approximate surface area is 182 Å². The molecular formula is C23H34O5SSi. The summed E-state index contributed by atoms with van der Waals surface area (Å²) in [5.74, 6) is 0. The first-order valence-corrected chi connectivity index (χ1v) is 14.1. The fourth-order valence-electron chi connectivity index (χ4n) is 3.64. The average Bonchev–Trinajstić information content (AvgIpc) is 2.69. The molecule has 0 aliphatic carbocycles. The van der Waals surface area contributed by atoms with Crippen molar-refractivity contribution in [3.8, 4) is 0 Å². The predicted octanol–water partition coefficient (Wildman–Crippen LogP) is 3.34. The van der Waals surface area contributed by atoms with Crippen LogP contribution < -0.4 is 10.4 Å². The molecule has 2 aromatic rings. The molecule has 0 saturated heterocycles. The largest absolute Gasteiger partial charge is 0.407 e. The summed E-state index contributed by atoms with van der Waals surface area (Å²) in [6.45, 7) is 8.33. The van der Waals surface area contributed by atoms with E-state index in [0.29, 0.717) is 13.2 Å². The molecule has 0 aromatic heterocycles. The number of hydrogen-bond donors (Lipinski definition) is 0. The molecule has 2 rings (SSSR count). The van der Waals surface area contributed by atoms with E-state index in [-0.39, 0.29) is 18.3 Å². The van der Waals surface area contributed by atoms with Crippen LogP contribution in [0.4, 0.5) is 0 Å². The Hall–Kier alpha value is -1.51. The Balaban J connectivity index is 2.00. The lowest BCUT2D eigenvalue weighted by Gasteiger charge is -2.43. The zero-order chi connectivity index (χ0) is 22.1. The normalized spacial score (nSPS) is 12.8. The average molecular weight is 451 g/mol. The quantitative estimate of drug-likeness (QED) is 0.282. The first-order valence-electron chi connectivity index (χ1n) is 10.3. The van der Waals surface area contributed by atoms with Crippen molar-refractivity contribution in [2.45, 2.75) is 38.7 Å². The van der Waals surface area contributed by atoms with E-state index < -0.39 is 18.4 Å². The maximum atomic E-state index is 10.9. The van der Waals surface area contributed by atoms with Crippen LogP contribution in [0.1, 0.15) is 33.6 Å². The molecule has 0 aliphatic rings. The van der Waals surface area contributed by atoms with Gasteiger partial charge in [-0.25, -0.2) is 0 Å². The highest BCUT2D eigenvalue weighted by Gasteiger charge is 2.49. The third-order valence-electron chi connectivity index (χ3n) is 4.94. The van der Waals surface area contributed by atoms with Gasteiger partial charge in [0, 0.05) is 13.2 Å². The smallest absolute Gasteiger partial charge is 0.264 e. The van der Waals surface area contributed by atoms with Gasteiger partial charge in [0.25, 0.3) is 18.4 Å². The Morgan fingerprint density at radius 2 is 1.27 bits per heavy atom. The maximum absolute atomic E-state index is 10.9. The lowest BCUT2D eigenvalue weighted by Crippen LogP contribution is -2.66. The van der Waals surface area contributed by atoms with Gasteiger partial charge in [0.05, 0.1) is 19.5 Å². The highest BCUT2D eigenvalue weighted by Crippen LogP contribution is 2.36. The number of hydrogen-bond acceptors (Lipinski definition) is 5. The van der Waals surface area contributed by atoms with Crippen molar-refractivity contribution in [2.24, 2.45) is 0 Å². The Bertz CT molecular complexity index is 809. The van der Waals surface area contributed by atoms with E-state index in [1.807, 2.05) is 12.1 Å². The highest BCUT2D eigenvalue weighted by atomic mass is 32.2. The molecule has 0 heterocycles. The topological polar surface area (TPSA) is 61.8 Å². The van der Waals surface area contributed by atoms with Crippen LogP contribution in [-0.2, 0) is 23.5 Å². The van der Waals surface area contributed by atoms with Crippen molar-refractivity contribution in [1.29, 1.82) is 0 Å². The summed E-state index contributed by atoms with van der Waals surface area (Å²) in [6.07, 6.45) is 2.75. The van der Waals surface area contributed by atoms with Gasteiger partial charge in [0.15, 0.2) is 0 Å². The molecule has 166 valence electrons. The first kappa shape index (κ1) is 24.8. The van der Waals surface area contributed by atoms with Crippen LogP contribution in [0.25, 0.3) is 0 Å². The van der Waals surface area contributed by atoms with Gasteiger partial charge < -0.3 is 9.16 Å². The summed E-state index contributed by atoms with van der Waals surface area (Å²) in [4.78, 5) is 0. The Morgan fingerprint density at radius 3 is 1.73 bits per heavy atom. The lowest BCUT2D eigenvalue weighted by atomic mass is 10.2. The second-order valence-corrected chi connectivity index (χ2v) is 14.3. The van der Waals surface area contributed by atoms with Crippen LogP contribution in [0.15, 0.2) is 60.7 Å². The minimum atomic E-state index is -3.40. The predicted molar refractivity (Wildman–Crippen MR) is 124 cm³/mol. The fraction of sp³-hybridized carbons (Fsp3) is 0.478. The van der Waals surface area contributed by atoms with Gasteiger partial charge in [-0.2, -0.15) is 8.42 Å². The summed E-state index contributed by atoms with van der Waals surface area (Å²) >= 11 is 0. The lowest BCUT2D eigenvalue weighted by molar-refractivity contribution is 0.0969. The van der Waals surface area contributed by atoms with Crippen molar-refractivity contribution in [3.05, 3.63) is 60.7 Å². The maximum Gasteiger partial charge on any atom is 0.264 e. The Kier molecular flexibility index (Phi) is 9.24. The van der Waals surface area contributed by atoms with Gasteiger partial charge in [-0.3, -0.25) is 4.18 Å². The summed E-state index contributed by atoms with van der Waals surface area (Å²) in [5, 5.41) is 2.52. The fourth-order valence-corrected chi connectivity index (χ4v) is 8.62. The van der Waals surface area contributed by atoms with Gasteiger partial charge in [0.1, 0.15) is 0 Å². The minimum absolute atomic E-state index is 0.0325. The third kappa shape index (κ3) is 7.03. The minimum Gasteiger partial charge on any atom is -0.407 e. The van der Waals surface area contributed by atoms with Crippen LogP contribution in [-0.4, -0.2) is 49.4 Å². The Morgan fingerprint density at radius 1 is 0.767 bits per heavy atom. The van der Waals surface area contributed by atoms with Crippen LogP contribution in [0.5, 0.6) is 0 Å². The zero-order valence-corrected chi connectivity index (χ0v) is 20.3. The van der Waals surface area contributed by atoms with E-state index in [2.05, 4.69) is 73.5 Å². The van der Waals surface area contributed by atoms with E-state index in [9.17, 15) is 8.42 Å². The molecule has 0 aliphatic heterocycles. The molecule has 0 atom stereocenters. The van der Waals surface area contributed by atoms with Crippen LogP contribution in [0.3, 0.4) is 0 Å². The monoisotopic (exact) mass is 450 g/mol. The molecule has 7 heteroatoms. The van der Waals surface area contributed by atoms with E-state index in [1.54, 1.807) is 0 Å². The molecule has 0 bridgehead atoms. The third-order valence-corrected chi connectivity index (χ3v) is 10.6. The number of unbranched alkanes of at least 4 members (excludes halogenated alkanes) is 1. The van der Waals surface area contributed by atoms with Gasteiger partial charge in [-0.1, -0.05) is 81.4 Å². The van der Waals surface area contributed by atoms with Crippen molar-refractivity contribution in [2.75, 3.05) is 32.7 Å². The summed E-state index contributed by atoms with van der Waals surface area (Å²) < 4.78 is 38.8. The summed E-state index contributed by atoms with van der Waals surface area (Å²) in [5.41, 5.74) is 0. The second kappa shape index (κ2) is 11.2. The number of rotatable bonds is 12. The van der Waals surface area contributed by atoms with Crippen molar-refractivity contribution >= 4 is 28.8 Å². The van der Waals surface area contributed by atoms with Gasteiger partial charge in [-0.05, 0) is 28.3 Å². The van der Waals surface area contributed by atoms with Crippen LogP contribution in [0, 0.1) is 0 Å². The molecule has 30 heavy (non-hydrogen) atoms. The van der Waals surface area contributed by atoms with Crippen LogP contribution >= 0.6 is 0 Å². The standard InChI is InChI=1S/C23H34O5SSi/c1-23(2,3)30(21-13-7-5-8-14-21,22-15-9-6-10-16-22)28-18-12-11-17-26-19-20-27-29(4,24)25/h5-10,13-16H,11-12,17-20H2,1-4H3. The van der Waals surface area contributed by atoms with Gasteiger partial charge in [0.2, 0.25) is 0 Å². The number of benzene rings is 2. The zero-order valence-electron chi connectivity index (χ0n) is 18.5. The van der Waals surface area contributed by atoms with Gasteiger partial charge in [-0.15, -0.1) is 0 Å². The van der Waals surface area contributed by atoms with E-state index in [1.165, 1.54) is 10.4 Å². The second-order valence-electron chi connectivity index (χ2n) is 8.36. The summed E-state index contributed by atoms with van der Waals surface area (Å²) in [6, 6.07) is 21.2. The molecule has 5 nitrogen and oxygen atoms in total.